The number of H-pyrrole nitrogens is 1. The maximum atomic E-state index is 12.7. The van der Waals surface area contributed by atoms with Crippen LogP contribution in [0.3, 0.4) is 0 Å². The molecule has 1 aliphatic heterocycles. The van der Waals surface area contributed by atoms with Crippen LogP contribution in [0, 0.1) is 0 Å². The normalized spacial score (nSPS) is 16.1. The summed E-state index contributed by atoms with van der Waals surface area (Å²) in [6, 6.07) is 11.6. The standard InChI is InChI=1S/C17H18N4O2/c18-16-10-14(20-23-16)11-5-7-21(8-6-11)17(22)15-9-12-3-1-2-4-13(12)19-15/h1-4,9-11,19H,5-8,18H2. The van der Waals surface area contributed by atoms with Gasteiger partial charge in [-0.25, -0.2) is 0 Å². The minimum atomic E-state index is 0.0549. The topological polar surface area (TPSA) is 88.1 Å². The number of nitrogens with zero attached hydrogens (tertiary/aromatic N) is 2. The Labute approximate surface area is 133 Å². The number of fused-ring (bicyclic) bond motifs is 1. The van der Waals surface area contributed by atoms with Crippen LogP contribution in [-0.2, 0) is 0 Å². The van der Waals surface area contributed by atoms with Crippen LogP contribution in [0.2, 0.25) is 0 Å². The van der Waals surface area contributed by atoms with E-state index in [0.717, 1.165) is 29.4 Å². The Kier molecular flexibility index (Phi) is 3.29. The van der Waals surface area contributed by atoms with E-state index in [-0.39, 0.29) is 5.91 Å². The van der Waals surface area contributed by atoms with Gasteiger partial charge in [-0.1, -0.05) is 23.4 Å². The van der Waals surface area contributed by atoms with Gasteiger partial charge in [-0.2, -0.15) is 0 Å². The first-order valence-corrected chi connectivity index (χ1v) is 7.80. The third kappa shape index (κ3) is 2.56. The van der Waals surface area contributed by atoms with Gasteiger partial charge in [-0.3, -0.25) is 4.79 Å². The quantitative estimate of drug-likeness (QED) is 0.762. The summed E-state index contributed by atoms with van der Waals surface area (Å²) in [5.41, 5.74) is 8.10. The van der Waals surface area contributed by atoms with Crippen LogP contribution in [0.4, 0.5) is 5.88 Å². The number of nitrogens with two attached hydrogens (primary N) is 1. The van der Waals surface area contributed by atoms with E-state index in [0.29, 0.717) is 30.6 Å². The number of hydrogen-bond donors (Lipinski definition) is 2. The van der Waals surface area contributed by atoms with Crippen molar-refractivity contribution >= 4 is 22.7 Å². The first-order valence-electron chi connectivity index (χ1n) is 7.80. The Morgan fingerprint density at radius 3 is 2.74 bits per heavy atom. The summed E-state index contributed by atoms with van der Waals surface area (Å²) >= 11 is 0. The molecule has 0 radical (unpaired) electrons. The Bertz CT molecular complexity index is 810. The maximum absolute atomic E-state index is 12.7. The molecular formula is C17H18N4O2. The third-order valence-electron chi connectivity index (χ3n) is 4.51. The highest BCUT2D eigenvalue weighted by atomic mass is 16.5. The molecule has 1 amide bonds. The summed E-state index contributed by atoms with van der Waals surface area (Å²) in [6.45, 7) is 1.43. The van der Waals surface area contributed by atoms with E-state index in [1.54, 1.807) is 6.07 Å². The van der Waals surface area contributed by atoms with E-state index in [4.69, 9.17) is 10.3 Å². The van der Waals surface area contributed by atoms with Gasteiger partial charge in [0.1, 0.15) is 5.69 Å². The molecule has 2 aromatic heterocycles. The molecule has 3 aromatic rings. The van der Waals surface area contributed by atoms with Crippen LogP contribution in [0.5, 0.6) is 0 Å². The molecule has 0 spiro atoms. The molecular weight excluding hydrogens is 292 g/mol. The second-order valence-electron chi connectivity index (χ2n) is 5.99. The average Bonchev–Trinajstić information content (AvgIpc) is 3.20. The summed E-state index contributed by atoms with van der Waals surface area (Å²) in [5, 5.41) is 5.05. The fraction of sp³-hybridized carbons (Fsp3) is 0.294. The Morgan fingerprint density at radius 1 is 1.26 bits per heavy atom. The Hall–Kier alpha value is -2.76. The van der Waals surface area contributed by atoms with Crippen LogP contribution >= 0.6 is 0 Å². The van der Waals surface area contributed by atoms with Crippen LogP contribution in [0.25, 0.3) is 10.9 Å². The summed E-state index contributed by atoms with van der Waals surface area (Å²) in [7, 11) is 0. The minimum Gasteiger partial charge on any atom is -0.368 e. The van der Waals surface area contributed by atoms with E-state index >= 15 is 0 Å². The van der Waals surface area contributed by atoms with Gasteiger partial charge < -0.3 is 20.1 Å². The lowest BCUT2D eigenvalue weighted by Crippen LogP contribution is -2.38. The minimum absolute atomic E-state index is 0.0549. The lowest BCUT2D eigenvalue weighted by molar-refractivity contribution is 0.0706. The second kappa shape index (κ2) is 5.46. The van der Waals surface area contributed by atoms with Crippen molar-refractivity contribution in [2.45, 2.75) is 18.8 Å². The van der Waals surface area contributed by atoms with Gasteiger partial charge in [0.2, 0.25) is 5.88 Å². The van der Waals surface area contributed by atoms with Gasteiger partial charge in [0.15, 0.2) is 0 Å². The second-order valence-corrected chi connectivity index (χ2v) is 5.99. The fourth-order valence-corrected chi connectivity index (χ4v) is 3.23. The number of aromatic amines is 1. The van der Waals surface area contributed by atoms with Crippen LogP contribution in [0.15, 0.2) is 40.9 Å². The SMILES string of the molecule is Nc1cc(C2CCN(C(=O)c3cc4ccccc4[nH]3)CC2)no1. The molecule has 6 heteroatoms. The molecule has 3 N–H and O–H groups in total. The van der Waals surface area contributed by atoms with E-state index in [1.807, 2.05) is 35.2 Å². The third-order valence-corrected chi connectivity index (χ3v) is 4.51. The fourth-order valence-electron chi connectivity index (χ4n) is 3.23. The van der Waals surface area contributed by atoms with E-state index in [9.17, 15) is 4.79 Å². The van der Waals surface area contributed by atoms with Crippen molar-refractivity contribution in [2.24, 2.45) is 0 Å². The lowest BCUT2D eigenvalue weighted by Gasteiger charge is -2.30. The molecule has 0 aliphatic carbocycles. The molecule has 1 aliphatic rings. The highest BCUT2D eigenvalue weighted by Gasteiger charge is 2.27. The van der Waals surface area contributed by atoms with Gasteiger partial charge >= 0.3 is 0 Å². The van der Waals surface area contributed by atoms with E-state index < -0.39 is 0 Å². The molecule has 3 heterocycles. The predicted octanol–water partition coefficient (Wildman–Crippen LogP) is 2.76. The zero-order valence-electron chi connectivity index (χ0n) is 12.7. The number of piperidine rings is 1. The zero-order chi connectivity index (χ0) is 15.8. The summed E-state index contributed by atoms with van der Waals surface area (Å²) in [4.78, 5) is 17.8. The molecule has 0 saturated carbocycles. The number of hydrogen-bond acceptors (Lipinski definition) is 4. The molecule has 23 heavy (non-hydrogen) atoms. The number of para-hydroxylation sites is 1. The van der Waals surface area contributed by atoms with E-state index in [1.165, 1.54) is 0 Å². The number of nitrogen functional groups attached to an aromatic ring is 1. The molecule has 118 valence electrons. The van der Waals surface area contributed by atoms with Crippen molar-refractivity contribution < 1.29 is 9.32 Å². The van der Waals surface area contributed by atoms with Gasteiger partial charge in [-0.05, 0) is 25.0 Å². The Morgan fingerprint density at radius 2 is 2.04 bits per heavy atom. The average molecular weight is 310 g/mol. The summed E-state index contributed by atoms with van der Waals surface area (Å²) in [5.74, 6) is 0.707. The summed E-state index contributed by atoms with van der Waals surface area (Å²) < 4.78 is 4.94. The number of benzene rings is 1. The van der Waals surface area contributed by atoms with Crippen molar-refractivity contribution in [3.8, 4) is 0 Å². The molecule has 0 unspecified atom stereocenters. The number of nitrogens with one attached hydrogen (secondary N) is 1. The Balaban J connectivity index is 1.46. The van der Waals surface area contributed by atoms with E-state index in [2.05, 4.69) is 10.1 Å². The van der Waals surface area contributed by atoms with Gasteiger partial charge in [0.05, 0.1) is 5.69 Å². The maximum Gasteiger partial charge on any atom is 0.270 e. The number of aromatic nitrogens is 2. The molecule has 1 aromatic carbocycles. The predicted molar refractivity (Wildman–Crippen MR) is 87.1 cm³/mol. The molecule has 1 saturated heterocycles. The highest BCUT2D eigenvalue weighted by Crippen LogP contribution is 2.29. The number of carbonyl (C=O) groups is 1. The molecule has 0 atom stereocenters. The van der Waals surface area contributed by atoms with Crippen molar-refractivity contribution in [1.29, 1.82) is 0 Å². The van der Waals surface area contributed by atoms with Crippen LogP contribution in [0.1, 0.15) is 34.9 Å². The number of anilines is 1. The molecule has 6 nitrogen and oxygen atoms in total. The lowest BCUT2D eigenvalue weighted by atomic mass is 9.93. The van der Waals surface area contributed by atoms with Gasteiger partial charge in [-0.15, -0.1) is 0 Å². The first-order chi connectivity index (χ1) is 11.2. The van der Waals surface area contributed by atoms with Crippen molar-refractivity contribution in [3.05, 3.63) is 47.8 Å². The first kappa shape index (κ1) is 13.9. The smallest absolute Gasteiger partial charge is 0.270 e. The largest absolute Gasteiger partial charge is 0.368 e. The molecule has 4 rings (SSSR count). The highest BCUT2D eigenvalue weighted by molar-refractivity contribution is 5.98. The number of rotatable bonds is 2. The number of carbonyl (C=O) groups excluding carboxylic acids is 1. The van der Waals surface area contributed by atoms with Crippen molar-refractivity contribution in [2.75, 3.05) is 18.8 Å². The van der Waals surface area contributed by atoms with Crippen molar-refractivity contribution in [3.63, 3.8) is 0 Å². The zero-order valence-corrected chi connectivity index (χ0v) is 12.7. The molecule has 0 bridgehead atoms. The van der Waals surface area contributed by atoms with Crippen LogP contribution in [-0.4, -0.2) is 34.0 Å². The molecule has 1 fully saturated rings. The summed E-state index contributed by atoms with van der Waals surface area (Å²) in [6.07, 6.45) is 1.75. The van der Waals surface area contributed by atoms with Crippen LogP contribution < -0.4 is 5.73 Å². The van der Waals surface area contributed by atoms with Gasteiger partial charge in [0.25, 0.3) is 5.91 Å². The number of likely N-dealkylation sites (tertiary alicyclic amines) is 1. The number of amides is 1. The van der Waals surface area contributed by atoms with Crippen molar-refractivity contribution in [1.82, 2.24) is 15.0 Å². The van der Waals surface area contributed by atoms with Gasteiger partial charge in [0, 0.05) is 36.0 Å². The monoisotopic (exact) mass is 310 g/mol.